The molecule has 0 spiro atoms. The summed E-state index contributed by atoms with van der Waals surface area (Å²) < 4.78 is 43.3. The topological polar surface area (TPSA) is 52.6 Å². The maximum atomic E-state index is 16.2. The summed E-state index contributed by atoms with van der Waals surface area (Å²) in [6.45, 7) is 16.2. The first kappa shape index (κ1) is 28.3. The number of fused-ring (bicyclic) bond motifs is 1. The molecular weight excluding hydrogens is 478 g/mol. The zero-order valence-electron chi connectivity index (χ0n) is 22.8. The van der Waals surface area contributed by atoms with Gasteiger partial charge in [-0.25, -0.2) is 0 Å². The van der Waals surface area contributed by atoms with Crippen molar-refractivity contribution in [1.82, 2.24) is 0 Å². The summed E-state index contributed by atoms with van der Waals surface area (Å²) in [5.41, 5.74) is -0.509. The summed E-state index contributed by atoms with van der Waals surface area (Å²) in [5.74, 6) is -4.53. The molecule has 0 saturated carbocycles. The zero-order chi connectivity index (χ0) is 27.1. The van der Waals surface area contributed by atoms with Crippen LogP contribution in [0.4, 0.5) is 8.78 Å². The van der Waals surface area contributed by atoms with Crippen molar-refractivity contribution in [1.29, 1.82) is 0 Å². The fraction of sp³-hybridized carbons (Fsp3) is 0.586. The molecule has 0 amide bonds. The summed E-state index contributed by atoms with van der Waals surface area (Å²) in [4.78, 5) is 27.1. The number of rotatable bonds is 9. The van der Waals surface area contributed by atoms with Crippen molar-refractivity contribution in [2.75, 3.05) is 13.2 Å². The van der Waals surface area contributed by atoms with Crippen LogP contribution in [-0.4, -0.2) is 39.1 Å². The van der Waals surface area contributed by atoms with E-state index in [1.165, 1.54) is 0 Å². The molecule has 0 heterocycles. The van der Waals surface area contributed by atoms with E-state index >= 15 is 8.78 Å². The number of carbonyl (C=O) groups is 2. The van der Waals surface area contributed by atoms with Gasteiger partial charge in [0.1, 0.15) is 0 Å². The lowest BCUT2D eigenvalue weighted by Crippen LogP contribution is -2.57. The Hall–Kier alpha value is -2.28. The number of alkyl halides is 2. The molecule has 0 aliphatic heterocycles. The van der Waals surface area contributed by atoms with Crippen LogP contribution in [0.5, 0.6) is 0 Å². The Bertz CT molecular complexity index is 1030. The number of carbonyl (C=O) groups excluding carboxylic acids is 2. The largest absolute Gasteiger partial charge is 0.465 e. The Kier molecular flexibility index (Phi) is 8.04. The Morgan fingerprint density at radius 3 is 1.72 bits per heavy atom. The molecule has 0 aromatic heterocycles. The van der Waals surface area contributed by atoms with E-state index in [1.54, 1.807) is 44.2 Å². The molecule has 0 radical (unpaired) electrons. The van der Waals surface area contributed by atoms with Gasteiger partial charge in [0.2, 0.25) is 0 Å². The monoisotopic (exact) mass is 518 g/mol. The van der Waals surface area contributed by atoms with E-state index in [9.17, 15) is 9.59 Å². The second kappa shape index (κ2) is 10.2. The van der Waals surface area contributed by atoms with E-state index in [2.05, 4.69) is 41.5 Å². The molecule has 0 N–H and O–H groups in total. The molecule has 4 nitrogen and oxygen atoms in total. The molecule has 7 heteroatoms. The summed E-state index contributed by atoms with van der Waals surface area (Å²) in [6.07, 6.45) is -0.204. The van der Waals surface area contributed by atoms with Crippen LogP contribution in [0, 0.1) is 5.41 Å². The van der Waals surface area contributed by atoms with Crippen LogP contribution in [0.2, 0.25) is 16.6 Å². The van der Waals surface area contributed by atoms with Gasteiger partial charge in [-0.15, -0.1) is 0 Å². The Balaban J connectivity index is 2.46. The molecule has 36 heavy (non-hydrogen) atoms. The molecule has 0 fully saturated rings. The lowest BCUT2D eigenvalue weighted by atomic mass is 9.62. The third kappa shape index (κ3) is 4.07. The van der Waals surface area contributed by atoms with E-state index in [0.29, 0.717) is 16.3 Å². The van der Waals surface area contributed by atoms with E-state index in [4.69, 9.17) is 9.47 Å². The quantitative estimate of drug-likeness (QED) is 0.193. The van der Waals surface area contributed by atoms with Gasteiger partial charge in [0.25, 0.3) is 5.92 Å². The first-order chi connectivity index (χ1) is 16.8. The van der Waals surface area contributed by atoms with Gasteiger partial charge in [0, 0.05) is 17.6 Å². The second-order valence-corrected chi connectivity index (χ2v) is 16.9. The van der Waals surface area contributed by atoms with Gasteiger partial charge in [-0.3, -0.25) is 9.59 Å². The third-order valence-electron chi connectivity index (χ3n) is 8.27. The number of halogens is 2. The van der Waals surface area contributed by atoms with Crippen molar-refractivity contribution in [2.45, 2.75) is 90.8 Å². The molecule has 2 aliphatic carbocycles. The molecule has 0 bridgehead atoms. The summed E-state index contributed by atoms with van der Waals surface area (Å²) in [5, 5.41) is 0.634. The number of esters is 2. The predicted molar refractivity (Wildman–Crippen MR) is 141 cm³/mol. The average molecular weight is 519 g/mol. The normalized spacial score (nSPS) is 18.9. The van der Waals surface area contributed by atoms with E-state index in [1.807, 2.05) is 0 Å². The van der Waals surface area contributed by atoms with Crippen LogP contribution in [-0.2, 0) is 19.1 Å². The van der Waals surface area contributed by atoms with Crippen LogP contribution >= 0.6 is 0 Å². The minimum atomic E-state index is -3.15. The number of allylic oxidation sites excluding steroid dienone is 4. The number of ether oxygens (including phenoxy) is 2. The van der Waals surface area contributed by atoms with E-state index in [-0.39, 0.29) is 53.8 Å². The molecule has 0 atom stereocenters. The Labute approximate surface area is 215 Å². The van der Waals surface area contributed by atoms with Gasteiger partial charge in [0.15, 0.2) is 5.41 Å². The molecule has 1 aromatic rings. The minimum Gasteiger partial charge on any atom is -0.465 e. The van der Waals surface area contributed by atoms with Gasteiger partial charge in [-0.1, -0.05) is 77.1 Å². The molecule has 0 saturated heterocycles. The Morgan fingerprint density at radius 1 is 0.833 bits per heavy atom. The average Bonchev–Trinajstić information content (AvgIpc) is 2.78. The minimum absolute atomic E-state index is 0.0633. The Morgan fingerprint density at radius 2 is 1.31 bits per heavy atom. The lowest BCUT2D eigenvalue weighted by molar-refractivity contribution is -0.172. The molecular formula is C29H40F2O4Si. The number of hydrogen-bond donors (Lipinski definition) is 0. The molecule has 0 unspecified atom stereocenters. The standard InChI is InChI=1S/C29H40F2O4Si/c1-9-34-26(32)28(27(33)35-10-2)16-22-24(21-14-12-11-13-15-21)29(30,31)25(22)23(17-28)36(18(3)4,19(5)6)20(7)8/h11-15,18-20H,9-10,16-17H2,1-8H3. The highest BCUT2D eigenvalue weighted by molar-refractivity contribution is 6.90. The van der Waals surface area contributed by atoms with Crippen molar-refractivity contribution < 1.29 is 27.8 Å². The van der Waals surface area contributed by atoms with Crippen LogP contribution < -0.4 is 0 Å². The van der Waals surface area contributed by atoms with Gasteiger partial charge < -0.3 is 9.47 Å². The molecule has 3 rings (SSSR count). The van der Waals surface area contributed by atoms with Crippen molar-refractivity contribution in [3.63, 3.8) is 0 Å². The summed E-state index contributed by atoms with van der Waals surface area (Å²) >= 11 is 0. The van der Waals surface area contributed by atoms with Crippen molar-refractivity contribution in [3.05, 3.63) is 52.2 Å². The van der Waals surface area contributed by atoms with Crippen LogP contribution in [0.3, 0.4) is 0 Å². The fourth-order valence-electron chi connectivity index (χ4n) is 7.16. The number of benzene rings is 1. The fourth-order valence-corrected chi connectivity index (χ4v) is 14.6. The van der Waals surface area contributed by atoms with Crippen molar-refractivity contribution in [3.8, 4) is 0 Å². The van der Waals surface area contributed by atoms with E-state index in [0.717, 1.165) is 0 Å². The SMILES string of the molecule is CCOC(=O)C1(C(=O)OCC)CC2=C(c3ccccc3)C(F)(F)C2=C([Si](C(C)C)(C(C)C)C(C)C)C1. The molecule has 198 valence electrons. The van der Waals surface area contributed by atoms with Gasteiger partial charge in [-0.05, 0) is 48.0 Å². The molecule has 1 aromatic carbocycles. The van der Waals surface area contributed by atoms with Crippen LogP contribution in [0.1, 0.15) is 73.8 Å². The van der Waals surface area contributed by atoms with Gasteiger partial charge >= 0.3 is 11.9 Å². The second-order valence-electron chi connectivity index (χ2n) is 10.9. The highest BCUT2D eigenvalue weighted by Crippen LogP contribution is 2.65. The number of hydrogen-bond acceptors (Lipinski definition) is 4. The van der Waals surface area contributed by atoms with Gasteiger partial charge in [0.05, 0.1) is 21.3 Å². The van der Waals surface area contributed by atoms with Crippen LogP contribution in [0.15, 0.2) is 46.7 Å². The first-order valence-electron chi connectivity index (χ1n) is 13.1. The van der Waals surface area contributed by atoms with Crippen molar-refractivity contribution >= 4 is 25.6 Å². The highest BCUT2D eigenvalue weighted by atomic mass is 28.3. The highest BCUT2D eigenvalue weighted by Gasteiger charge is 2.65. The van der Waals surface area contributed by atoms with Crippen molar-refractivity contribution in [2.24, 2.45) is 5.41 Å². The maximum Gasteiger partial charge on any atom is 0.324 e. The molecule has 2 aliphatic rings. The maximum absolute atomic E-state index is 16.2. The van der Waals surface area contributed by atoms with Gasteiger partial charge in [-0.2, -0.15) is 8.78 Å². The smallest absolute Gasteiger partial charge is 0.324 e. The zero-order valence-corrected chi connectivity index (χ0v) is 23.8. The third-order valence-corrected chi connectivity index (χ3v) is 15.5. The summed E-state index contributed by atoms with van der Waals surface area (Å²) in [7, 11) is -2.68. The van der Waals surface area contributed by atoms with Crippen LogP contribution in [0.25, 0.3) is 5.57 Å². The lowest BCUT2D eigenvalue weighted by Gasteiger charge is -2.54. The predicted octanol–water partition coefficient (Wildman–Crippen LogP) is 7.51. The van der Waals surface area contributed by atoms with E-state index < -0.39 is 31.4 Å². The summed E-state index contributed by atoms with van der Waals surface area (Å²) in [6, 6.07) is 8.56. The first-order valence-corrected chi connectivity index (χ1v) is 15.3.